The van der Waals surface area contributed by atoms with Gasteiger partial charge in [-0.05, 0) is 42.3 Å². The number of benzene rings is 2. The molecule has 2 rings (SSSR count). The standard InChI is InChI=1S/C16H18FNO.ClH/c1-2-19-16-5-3-4-14(10-16)12-18-11-13-6-8-15(17)9-7-13;/h3-10,18H,2,11-12H2,1H3;1H. The summed E-state index contributed by atoms with van der Waals surface area (Å²) in [5, 5.41) is 3.33. The van der Waals surface area contributed by atoms with Gasteiger partial charge in [0, 0.05) is 13.1 Å². The average molecular weight is 296 g/mol. The van der Waals surface area contributed by atoms with Crippen molar-refractivity contribution in [3.05, 3.63) is 65.5 Å². The van der Waals surface area contributed by atoms with E-state index in [1.807, 2.05) is 25.1 Å². The minimum absolute atomic E-state index is 0. The molecule has 2 aromatic rings. The molecular weight excluding hydrogens is 277 g/mol. The molecule has 0 amide bonds. The zero-order chi connectivity index (χ0) is 13.5. The number of rotatable bonds is 6. The first-order chi connectivity index (χ1) is 9.28. The second-order valence-corrected chi connectivity index (χ2v) is 4.31. The van der Waals surface area contributed by atoms with Crippen molar-refractivity contribution in [3.8, 4) is 5.75 Å². The molecule has 0 unspecified atom stereocenters. The van der Waals surface area contributed by atoms with Crippen molar-refractivity contribution < 1.29 is 9.13 Å². The van der Waals surface area contributed by atoms with Crippen molar-refractivity contribution in [1.29, 1.82) is 0 Å². The van der Waals surface area contributed by atoms with Crippen molar-refractivity contribution in [1.82, 2.24) is 5.32 Å². The van der Waals surface area contributed by atoms with Gasteiger partial charge in [-0.3, -0.25) is 0 Å². The molecule has 108 valence electrons. The molecule has 0 bridgehead atoms. The Hall–Kier alpha value is -1.58. The lowest BCUT2D eigenvalue weighted by molar-refractivity contribution is 0.340. The van der Waals surface area contributed by atoms with E-state index in [9.17, 15) is 4.39 Å². The first-order valence-corrected chi connectivity index (χ1v) is 6.45. The Bertz CT molecular complexity index is 516. The fourth-order valence-corrected chi connectivity index (χ4v) is 1.87. The Morgan fingerprint density at radius 1 is 1.00 bits per heavy atom. The van der Waals surface area contributed by atoms with E-state index >= 15 is 0 Å². The molecule has 0 saturated carbocycles. The van der Waals surface area contributed by atoms with Gasteiger partial charge < -0.3 is 10.1 Å². The number of hydrogen-bond donors (Lipinski definition) is 1. The van der Waals surface area contributed by atoms with Gasteiger partial charge in [0.25, 0.3) is 0 Å². The van der Waals surface area contributed by atoms with Crippen LogP contribution in [0.25, 0.3) is 0 Å². The van der Waals surface area contributed by atoms with Crippen molar-refractivity contribution >= 4 is 12.4 Å². The van der Waals surface area contributed by atoms with Gasteiger partial charge in [0.05, 0.1) is 6.61 Å². The van der Waals surface area contributed by atoms with E-state index in [0.717, 1.165) is 24.4 Å². The fraction of sp³-hybridized carbons (Fsp3) is 0.250. The highest BCUT2D eigenvalue weighted by Gasteiger charge is 1.97. The van der Waals surface area contributed by atoms with Crippen LogP contribution in [0, 0.1) is 5.82 Å². The minimum atomic E-state index is -0.201. The maximum absolute atomic E-state index is 12.8. The summed E-state index contributed by atoms with van der Waals surface area (Å²) < 4.78 is 18.2. The number of ether oxygens (including phenoxy) is 1. The van der Waals surface area contributed by atoms with Gasteiger partial charge in [-0.25, -0.2) is 4.39 Å². The molecule has 0 saturated heterocycles. The lowest BCUT2D eigenvalue weighted by Gasteiger charge is -2.07. The van der Waals surface area contributed by atoms with Crippen molar-refractivity contribution in [3.63, 3.8) is 0 Å². The summed E-state index contributed by atoms with van der Waals surface area (Å²) in [6.45, 7) is 4.13. The highest BCUT2D eigenvalue weighted by molar-refractivity contribution is 5.85. The molecule has 0 atom stereocenters. The zero-order valence-corrected chi connectivity index (χ0v) is 12.3. The van der Waals surface area contributed by atoms with Gasteiger partial charge in [0.2, 0.25) is 0 Å². The molecule has 0 spiro atoms. The van der Waals surface area contributed by atoms with Crippen LogP contribution in [0.15, 0.2) is 48.5 Å². The summed E-state index contributed by atoms with van der Waals surface area (Å²) in [6, 6.07) is 14.6. The predicted molar refractivity (Wildman–Crippen MR) is 81.8 cm³/mol. The first-order valence-electron chi connectivity index (χ1n) is 6.45. The Morgan fingerprint density at radius 3 is 2.40 bits per heavy atom. The molecule has 20 heavy (non-hydrogen) atoms. The molecule has 0 fully saturated rings. The van der Waals surface area contributed by atoms with Crippen molar-refractivity contribution in [2.75, 3.05) is 6.61 Å². The summed E-state index contributed by atoms with van der Waals surface area (Å²) >= 11 is 0. The van der Waals surface area contributed by atoms with Crippen molar-refractivity contribution in [2.24, 2.45) is 0 Å². The Balaban J connectivity index is 0.00000200. The fourth-order valence-electron chi connectivity index (χ4n) is 1.87. The molecule has 0 aliphatic rings. The Morgan fingerprint density at radius 2 is 1.70 bits per heavy atom. The van der Waals surface area contributed by atoms with Gasteiger partial charge in [-0.15, -0.1) is 12.4 Å². The lowest BCUT2D eigenvalue weighted by atomic mass is 10.2. The van der Waals surface area contributed by atoms with Crippen LogP contribution in [0.4, 0.5) is 4.39 Å². The topological polar surface area (TPSA) is 21.3 Å². The van der Waals surface area contributed by atoms with Crippen LogP contribution in [0.2, 0.25) is 0 Å². The number of hydrogen-bond acceptors (Lipinski definition) is 2. The van der Waals surface area contributed by atoms with Gasteiger partial charge in [0.15, 0.2) is 0 Å². The smallest absolute Gasteiger partial charge is 0.123 e. The quantitative estimate of drug-likeness (QED) is 0.872. The normalized spacial score (nSPS) is 9.90. The monoisotopic (exact) mass is 295 g/mol. The van der Waals surface area contributed by atoms with E-state index in [1.165, 1.54) is 17.7 Å². The zero-order valence-electron chi connectivity index (χ0n) is 11.4. The molecule has 0 aromatic heterocycles. The molecule has 4 heteroatoms. The maximum Gasteiger partial charge on any atom is 0.123 e. The highest BCUT2D eigenvalue weighted by atomic mass is 35.5. The van der Waals surface area contributed by atoms with Crippen LogP contribution in [-0.2, 0) is 13.1 Å². The number of nitrogens with one attached hydrogen (secondary N) is 1. The molecule has 0 radical (unpaired) electrons. The summed E-state index contributed by atoms with van der Waals surface area (Å²) in [6.07, 6.45) is 0. The molecule has 0 heterocycles. The van der Waals surface area contributed by atoms with E-state index in [1.54, 1.807) is 12.1 Å². The largest absolute Gasteiger partial charge is 0.494 e. The third kappa shape index (κ3) is 5.19. The van der Waals surface area contributed by atoms with E-state index in [-0.39, 0.29) is 18.2 Å². The van der Waals surface area contributed by atoms with Crippen LogP contribution < -0.4 is 10.1 Å². The van der Waals surface area contributed by atoms with Gasteiger partial charge in [-0.1, -0.05) is 24.3 Å². The van der Waals surface area contributed by atoms with Crippen LogP contribution in [0.3, 0.4) is 0 Å². The molecule has 0 aliphatic heterocycles. The highest BCUT2D eigenvalue weighted by Crippen LogP contribution is 2.13. The SMILES string of the molecule is CCOc1cccc(CNCc2ccc(F)cc2)c1.Cl. The lowest BCUT2D eigenvalue weighted by Crippen LogP contribution is -2.12. The second-order valence-electron chi connectivity index (χ2n) is 4.31. The van der Waals surface area contributed by atoms with Gasteiger partial charge >= 0.3 is 0 Å². The Kier molecular flexibility index (Phi) is 7.05. The maximum atomic E-state index is 12.8. The van der Waals surface area contributed by atoms with Gasteiger partial charge in [-0.2, -0.15) is 0 Å². The summed E-state index contributed by atoms with van der Waals surface area (Å²) in [5.74, 6) is 0.691. The van der Waals surface area contributed by atoms with E-state index in [4.69, 9.17) is 4.74 Å². The summed E-state index contributed by atoms with van der Waals surface area (Å²) in [5.41, 5.74) is 2.25. The molecule has 0 aliphatic carbocycles. The predicted octanol–water partition coefficient (Wildman–Crippen LogP) is 3.94. The Labute approximate surface area is 125 Å². The van der Waals surface area contributed by atoms with E-state index in [2.05, 4.69) is 11.4 Å². The average Bonchev–Trinajstić information content (AvgIpc) is 2.42. The second kappa shape index (κ2) is 8.56. The molecule has 2 aromatic carbocycles. The number of halogens is 2. The van der Waals surface area contributed by atoms with Crippen LogP contribution in [0.5, 0.6) is 5.75 Å². The van der Waals surface area contributed by atoms with Crippen molar-refractivity contribution in [2.45, 2.75) is 20.0 Å². The molecule has 2 nitrogen and oxygen atoms in total. The van der Waals surface area contributed by atoms with Crippen LogP contribution in [-0.4, -0.2) is 6.61 Å². The van der Waals surface area contributed by atoms with E-state index in [0.29, 0.717) is 6.61 Å². The molecule has 1 N–H and O–H groups in total. The third-order valence-electron chi connectivity index (χ3n) is 2.78. The first kappa shape index (κ1) is 16.5. The summed E-state index contributed by atoms with van der Waals surface area (Å²) in [4.78, 5) is 0. The third-order valence-corrected chi connectivity index (χ3v) is 2.78. The summed E-state index contributed by atoms with van der Waals surface area (Å²) in [7, 11) is 0. The van der Waals surface area contributed by atoms with Crippen LogP contribution >= 0.6 is 12.4 Å². The minimum Gasteiger partial charge on any atom is -0.494 e. The van der Waals surface area contributed by atoms with Gasteiger partial charge in [0.1, 0.15) is 11.6 Å². The van der Waals surface area contributed by atoms with Crippen LogP contribution in [0.1, 0.15) is 18.1 Å². The van der Waals surface area contributed by atoms with E-state index < -0.39 is 0 Å². The molecular formula is C16H19ClFNO.